The molecule has 1 unspecified atom stereocenters. The topological polar surface area (TPSA) is 51.5 Å². The maximum atomic E-state index is 11.5. The van der Waals surface area contributed by atoms with Crippen molar-refractivity contribution in [3.8, 4) is 0 Å². The van der Waals surface area contributed by atoms with Crippen LogP contribution in [0.5, 0.6) is 0 Å². The van der Waals surface area contributed by atoms with Crippen LogP contribution in [0.4, 0.5) is 0 Å². The molecule has 0 amide bonds. The number of hydrogen-bond acceptors (Lipinski definition) is 4. The van der Waals surface area contributed by atoms with Gasteiger partial charge in [-0.3, -0.25) is 0 Å². The second-order valence-corrected chi connectivity index (χ2v) is 4.96. The van der Waals surface area contributed by atoms with Crippen molar-refractivity contribution in [3.05, 3.63) is 59.0 Å². The molecule has 0 aliphatic heterocycles. The van der Waals surface area contributed by atoms with Gasteiger partial charge in [-0.1, -0.05) is 31.2 Å². The van der Waals surface area contributed by atoms with E-state index < -0.39 is 5.97 Å². The fourth-order valence-corrected chi connectivity index (χ4v) is 2.17. The first-order valence-corrected chi connectivity index (χ1v) is 7.12. The Labute approximate surface area is 125 Å². The van der Waals surface area contributed by atoms with Crippen LogP contribution in [0.3, 0.4) is 0 Å². The van der Waals surface area contributed by atoms with E-state index in [1.165, 1.54) is 24.5 Å². The number of carbonyl (C=O) groups excluding carboxylic acids is 1. The SMILES string of the molecule is CCc1ccc(C(C)NCc2ccoc2C(=O)OC)cc1. The summed E-state index contributed by atoms with van der Waals surface area (Å²) in [4.78, 5) is 11.5. The van der Waals surface area contributed by atoms with Crippen LogP contribution >= 0.6 is 0 Å². The lowest BCUT2D eigenvalue weighted by Crippen LogP contribution is -2.19. The van der Waals surface area contributed by atoms with Gasteiger partial charge in [-0.25, -0.2) is 4.79 Å². The number of carbonyl (C=O) groups is 1. The first-order chi connectivity index (χ1) is 10.2. The second-order valence-electron chi connectivity index (χ2n) is 4.96. The summed E-state index contributed by atoms with van der Waals surface area (Å²) >= 11 is 0. The first kappa shape index (κ1) is 15.3. The number of nitrogens with one attached hydrogen (secondary N) is 1. The predicted octanol–water partition coefficient (Wildman–Crippen LogP) is 3.48. The van der Waals surface area contributed by atoms with Gasteiger partial charge in [-0.15, -0.1) is 0 Å². The van der Waals surface area contributed by atoms with Gasteiger partial charge in [0.15, 0.2) is 0 Å². The smallest absolute Gasteiger partial charge is 0.374 e. The summed E-state index contributed by atoms with van der Waals surface area (Å²) in [5.41, 5.74) is 3.35. The number of methoxy groups -OCH3 is 1. The Morgan fingerprint density at radius 2 is 2.00 bits per heavy atom. The zero-order chi connectivity index (χ0) is 15.2. The Morgan fingerprint density at radius 3 is 2.62 bits per heavy atom. The van der Waals surface area contributed by atoms with Crippen molar-refractivity contribution < 1.29 is 13.9 Å². The minimum Gasteiger partial charge on any atom is -0.463 e. The number of furan rings is 1. The lowest BCUT2D eigenvalue weighted by molar-refractivity contribution is 0.0563. The van der Waals surface area contributed by atoms with Crippen LogP contribution in [0.1, 0.15) is 47.1 Å². The predicted molar refractivity (Wildman–Crippen MR) is 81.1 cm³/mol. The third kappa shape index (κ3) is 3.73. The molecule has 1 aromatic carbocycles. The lowest BCUT2D eigenvalue weighted by Gasteiger charge is -2.14. The number of hydrogen-bond donors (Lipinski definition) is 1. The summed E-state index contributed by atoms with van der Waals surface area (Å²) in [6, 6.07) is 10.5. The highest BCUT2D eigenvalue weighted by Crippen LogP contribution is 2.17. The molecule has 112 valence electrons. The highest BCUT2D eigenvalue weighted by atomic mass is 16.5. The second kappa shape index (κ2) is 7.09. The van der Waals surface area contributed by atoms with E-state index in [9.17, 15) is 4.79 Å². The maximum Gasteiger partial charge on any atom is 0.374 e. The first-order valence-electron chi connectivity index (χ1n) is 7.12. The Morgan fingerprint density at radius 1 is 1.29 bits per heavy atom. The third-order valence-corrected chi connectivity index (χ3v) is 3.60. The summed E-state index contributed by atoms with van der Waals surface area (Å²) in [6.45, 7) is 4.79. The molecule has 1 atom stereocenters. The molecule has 0 aliphatic rings. The van der Waals surface area contributed by atoms with E-state index in [0.29, 0.717) is 6.54 Å². The van der Waals surface area contributed by atoms with Crippen LogP contribution in [-0.4, -0.2) is 13.1 Å². The zero-order valence-corrected chi connectivity index (χ0v) is 12.7. The standard InChI is InChI=1S/C17H21NO3/c1-4-13-5-7-14(8-6-13)12(2)18-11-15-9-10-21-16(15)17(19)20-3/h5-10,12,18H,4,11H2,1-3H3. The van der Waals surface area contributed by atoms with Crippen molar-refractivity contribution in [2.75, 3.05) is 7.11 Å². The molecule has 0 fully saturated rings. The van der Waals surface area contributed by atoms with E-state index in [1.807, 2.05) is 0 Å². The van der Waals surface area contributed by atoms with Crippen LogP contribution in [0.2, 0.25) is 0 Å². The minimum absolute atomic E-state index is 0.191. The summed E-state index contributed by atoms with van der Waals surface area (Å²) in [6.07, 6.45) is 2.55. The number of rotatable bonds is 6. The molecular weight excluding hydrogens is 266 g/mol. The molecule has 1 heterocycles. The monoisotopic (exact) mass is 287 g/mol. The van der Waals surface area contributed by atoms with Crippen molar-refractivity contribution in [3.63, 3.8) is 0 Å². The molecule has 2 rings (SSSR count). The van der Waals surface area contributed by atoms with Crippen molar-refractivity contribution in [1.29, 1.82) is 0 Å². The van der Waals surface area contributed by atoms with Gasteiger partial charge in [-0.05, 0) is 30.5 Å². The highest BCUT2D eigenvalue weighted by molar-refractivity contribution is 5.87. The molecule has 0 saturated heterocycles. The van der Waals surface area contributed by atoms with E-state index in [1.54, 1.807) is 6.07 Å². The van der Waals surface area contributed by atoms with E-state index >= 15 is 0 Å². The fraction of sp³-hybridized carbons (Fsp3) is 0.353. The van der Waals surface area contributed by atoms with Gasteiger partial charge in [0.05, 0.1) is 13.4 Å². The van der Waals surface area contributed by atoms with Crippen molar-refractivity contribution >= 4 is 5.97 Å². The van der Waals surface area contributed by atoms with Crippen molar-refractivity contribution in [2.45, 2.75) is 32.9 Å². The molecule has 1 aromatic heterocycles. The van der Waals surface area contributed by atoms with Gasteiger partial charge < -0.3 is 14.5 Å². The van der Waals surface area contributed by atoms with Gasteiger partial charge in [0.25, 0.3) is 0 Å². The Bertz CT molecular complexity index is 586. The summed E-state index contributed by atoms with van der Waals surface area (Å²) in [5.74, 6) is -0.185. The molecule has 4 heteroatoms. The third-order valence-electron chi connectivity index (χ3n) is 3.60. The van der Waals surface area contributed by atoms with Crippen LogP contribution in [0.25, 0.3) is 0 Å². The van der Waals surface area contributed by atoms with E-state index in [0.717, 1.165) is 12.0 Å². The summed E-state index contributed by atoms with van der Waals surface area (Å²) in [7, 11) is 1.35. The molecule has 0 aliphatic carbocycles. The number of ether oxygens (including phenoxy) is 1. The Kier molecular flexibility index (Phi) is 5.17. The molecule has 0 bridgehead atoms. The molecular formula is C17H21NO3. The number of esters is 1. The molecule has 4 nitrogen and oxygen atoms in total. The van der Waals surface area contributed by atoms with Crippen LogP contribution < -0.4 is 5.32 Å². The minimum atomic E-state index is -0.447. The van der Waals surface area contributed by atoms with Gasteiger partial charge in [0.1, 0.15) is 0 Å². The van der Waals surface area contributed by atoms with E-state index in [-0.39, 0.29) is 11.8 Å². The molecule has 21 heavy (non-hydrogen) atoms. The van der Waals surface area contributed by atoms with Crippen molar-refractivity contribution in [1.82, 2.24) is 5.32 Å². The van der Waals surface area contributed by atoms with E-state index in [4.69, 9.17) is 9.15 Å². The maximum absolute atomic E-state index is 11.5. The Hall–Kier alpha value is -2.07. The van der Waals surface area contributed by atoms with Crippen LogP contribution in [0.15, 0.2) is 41.0 Å². The van der Waals surface area contributed by atoms with E-state index in [2.05, 4.69) is 43.4 Å². The number of aryl methyl sites for hydroxylation is 1. The highest BCUT2D eigenvalue weighted by Gasteiger charge is 2.16. The molecule has 1 N–H and O–H groups in total. The van der Waals surface area contributed by atoms with Crippen LogP contribution in [-0.2, 0) is 17.7 Å². The lowest BCUT2D eigenvalue weighted by atomic mass is 10.0. The van der Waals surface area contributed by atoms with Gasteiger partial charge >= 0.3 is 5.97 Å². The molecule has 2 aromatic rings. The van der Waals surface area contributed by atoms with Gasteiger partial charge in [-0.2, -0.15) is 0 Å². The average Bonchev–Trinajstić information content (AvgIpc) is 3.00. The fourth-order valence-electron chi connectivity index (χ4n) is 2.17. The molecule has 0 saturated carbocycles. The van der Waals surface area contributed by atoms with Crippen molar-refractivity contribution in [2.24, 2.45) is 0 Å². The largest absolute Gasteiger partial charge is 0.463 e. The molecule has 0 radical (unpaired) electrons. The zero-order valence-electron chi connectivity index (χ0n) is 12.7. The normalized spacial score (nSPS) is 12.1. The summed E-state index contributed by atoms with van der Waals surface area (Å²) < 4.78 is 9.86. The summed E-state index contributed by atoms with van der Waals surface area (Å²) in [5, 5.41) is 3.39. The van der Waals surface area contributed by atoms with Gasteiger partial charge in [0, 0.05) is 18.2 Å². The average molecular weight is 287 g/mol. The quantitative estimate of drug-likeness (QED) is 0.826. The van der Waals surface area contributed by atoms with Gasteiger partial charge in [0.2, 0.25) is 5.76 Å². The Balaban J connectivity index is 1.99. The molecule has 0 spiro atoms. The van der Waals surface area contributed by atoms with Crippen LogP contribution in [0, 0.1) is 0 Å². The number of benzene rings is 1.